The monoisotopic (exact) mass is 306 g/mol. The molecular weight excluding hydrogens is 292 g/mol. The van der Waals surface area contributed by atoms with Crippen LogP contribution in [0.2, 0.25) is 0 Å². The molecule has 1 aliphatic heterocycles. The van der Waals surface area contributed by atoms with Crippen molar-refractivity contribution in [2.24, 2.45) is 0 Å². The number of cyclic esters (lactones) is 1. The maximum atomic E-state index is 12.0. The molecule has 0 bridgehead atoms. The van der Waals surface area contributed by atoms with E-state index in [9.17, 15) is 4.79 Å². The molecular formula is C19H14O2S. The highest BCUT2D eigenvalue weighted by atomic mass is 32.1. The Bertz CT molecular complexity index is 830. The summed E-state index contributed by atoms with van der Waals surface area (Å²) in [5.41, 5.74) is 1.55. The Balaban J connectivity index is 1.82. The second-order valence-electron chi connectivity index (χ2n) is 5.43. The summed E-state index contributed by atoms with van der Waals surface area (Å²) in [6.07, 6.45) is -0.283. The van der Waals surface area contributed by atoms with Crippen LogP contribution in [0.25, 0.3) is 10.1 Å². The van der Waals surface area contributed by atoms with Gasteiger partial charge in [0.15, 0.2) is 0 Å². The minimum atomic E-state index is -0.295. The summed E-state index contributed by atoms with van der Waals surface area (Å²) in [4.78, 5) is 13.2. The summed E-state index contributed by atoms with van der Waals surface area (Å²) >= 11 is 1.71. The molecule has 3 heteroatoms. The van der Waals surface area contributed by atoms with Crippen LogP contribution >= 0.6 is 11.3 Å². The Morgan fingerprint density at radius 1 is 1.00 bits per heavy atom. The van der Waals surface area contributed by atoms with Crippen LogP contribution in [0.15, 0.2) is 72.8 Å². The van der Waals surface area contributed by atoms with Crippen molar-refractivity contribution in [1.29, 1.82) is 0 Å². The highest BCUT2D eigenvalue weighted by Gasteiger charge is 2.41. The summed E-state index contributed by atoms with van der Waals surface area (Å²) in [6, 6.07) is 20.3. The average Bonchev–Trinajstić information content (AvgIpc) is 3.09. The standard InChI is InChI=1S/C19H14O2S/c1-12-17(16-11-14-9-5-6-10-15(14)22-16)18(21-19(12)20)13-7-3-2-4-8-13/h2-11,17-18H,1H2. The van der Waals surface area contributed by atoms with E-state index in [1.807, 2.05) is 42.5 Å². The van der Waals surface area contributed by atoms with Crippen molar-refractivity contribution in [2.75, 3.05) is 0 Å². The number of ether oxygens (including phenoxy) is 1. The van der Waals surface area contributed by atoms with E-state index in [-0.39, 0.29) is 18.0 Å². The van der Waals surface area contributed by atoms with Gasteiger partial charge in [-0.15, -0.1) is 11.3 Å². The lowest BCUT2D eigenvalue weighted by Crippen LogP contribution is -2.05. The van der Waals surface area contributed by atoms with Gasteiger partial charge in [0.05, 0.1) is 5.92 Å². The van der Waals surface area contributed by atoms with E-state index in [1.54, 1.807) is 11.3 Å². The first-order chi connectivity index (χ1) is 10.7. The van der Waals surface area contributed by atoms with Crippen molar-refractivity contribution in [2.45, 2.75) is 12.0 Å². The number of carbonyl (C=O) groups excluding carboxylic acids is 1. The van der Waals surface area contributed by atoms with Crippen molar-refractivity contribution >= 4 is 27.4 Å². The van der Waals surface area contributed by atoms with Gasteiger partial charge in [-0.2, -0.15) is 0 Å². The van der Waals surface area contributed by atoms with Gasteiger partial charge >= 0.3 is 5.97 Å². The second-order valence-corrected chi connectivity index (χ2v) is 6.54. The van der Waals surface area contributed by atoms with Gasteiger partial charge in [0, 0.05) is 15.2 Å². The molecule has 1 saturated heterocycles. The first-order valence-electron chi connectivity index (χ1n) is 7.17. The summed E-state index contributed by atoms with van der Waals surface area (Å²) < 4.78 is 6.81. The fraction of sp³-hybridized carbons (Fsp3) is 0.105. The van der Waals surface area contributed by atoms with E-state index in [0.717, 1.165) is 10.4 Å². The minimum Gasteiger partial charge on any atom is -0.453 e. The van der Waals surface area contributed by atoms with Gasteiger partial charge in [0.1, 0.15) is 6.10 Å². The van der Waals surface area contributed by atoms with E-state index in [0.29, 0.717) is 5.57 Å². The molecule has 4 rings (SSSR count). The van der Waals surface area contributed by atoms with Crippen LogP contribution in [0.3, 0.4) is 0 Å². The van der Waals surface area contributed by atoms with E-state index >= 15 is 0 Å². The largest absolute Gasteiger partial charge is 0.453 e. The fourth-order valence-corrected chi connectivity index (χ4v) is 4.17. The van der Waals surface area contributed by atoms with Crippen LogP contribution in [0.1, 0.15) is 22.5 Å². The Kier molecular flexibility index (Phi) is 3.09. The Labute approximate surface area is 132 Å². The molecule has 2 aromatic carbocycles. The van der Waals surface area contributed by atoms with Crippen molar-refractivity contribution in [3.63, 3.8) is 0 Å². The zero-order chi connectivity index (χ0) is 15.1. The van der Waals surface area contributed by atoms with Gasteiger partial charge in [-0.1, -0.05) is 55.1 Å². The predicted octanol–water partition coefficient (Wildman–Crippen LogP) is 4.84. The van der Waals surface area contributed by atoms with Gasteiger partial charge < -0.3 is 4.74 Å². The summed E-state index contributed by atoms with van der Waals surface area (Å²) in [5.74, 6) is -0.399. The maximum Gasteiger partial charge on any atom is 0.334 e. The number of hydrogen-bond donors (Lipinski definition) is 0. The molecule has 22 heavy (non-hydrogen) atoms. The zero-order valence-electron chi connectivity index (χ0n) is 11.9. The maximum absolute atomic E-state index is 12.0. The lowest BCUT2D eigenvalue weighted by atomic mass is 9.91. The zero-order valence-corrected chi connectivity index (χ0v) is 12.7. The first-order valence-corrected chi connectivity index (χ1v) is 7.99. The van der Waals surface area contributed by atoms with Crippen LogP contribution in [-0.2, 0) is 9.53 Å². The van der Waals surface area contributed by atoms with Gasteiger partial charge in [-0.25, -0.2) is 4.79 Å². The number of thiophene rings is 1. The molecule has 0 radical (unpaired) electrons. The first kappa shape index (κ1) is 13.3. The molecule has 2 nitrogen and oxygen atoms in total. The molecule has 2 atom stereocenters. The molecule has 0 aliphatic carbocycles. The molecule has 1 aliphatic rings. The number of rotatable bonds is 2. The third kappa shape index (κ3) is 2.06. The quantitative estimate of drug-likeness (QED) is 0.500. The summed E-state index contributed by atoms with van der Waals surface area (Å²) in [6.45, 7) is 3.97. The number of carbonyl (C=O) groups is 1. The lowest BCUT2D eigenvalue weighted by Gasteiger charge is -2.16. The van der Waals surface area contributed by atoms with Crippen molar-refractivity contribution < 1.29 is 9.53 Å². The number of benzene rings is 2. The third-order valence-electron chi connectivity index (χ3n) is 4.05. The second kappa shape index (κ2) is 5.11. The molecule has 3 aromatic rings. The molecule has 108 valence electrons. The predicted molar refractivity (Wildman–Crippen MR) is 89.0 cm³/mol. The van der Waals surface area contributed by atoms with Crippen LogP contribution in [0, 0.1) is 0 Å². The Morgan fingerprint density at radius 3 is 2.50 bits per heavy atom. The molecule has 0 saturated carbocycles. The minimum absolute atomic E-state index is 0.104. The fourth-order valence-electron chi connectivity index (χ4n) is 2.95. The van der Waals surface area contributed by atoms with Crippen LogP contribution in [0.4, 0.5) is 0 Å². The number of esters is 1. The molecule has 0 amide bonds. The van der Waals surface area contributed by atoms with Gasteiger partial charge in [0.2, 0.25) is 0 Å². The Morgan fingerprint density at radius 2 is 1.73 bits per heavy atom. The normalized spacial score (nSPS) is 21.3. The summed E-state index contributed by atoms with van der Waals surface area (Å²) in [7, 11) is 0. The van der Waals surface area contributed by atoms with E-state index in [1.165, 1.54) is 10.1 Å². The van der Waals surface area contributed by atoms with E-state index in [4.69, 9.17) is 4.74 Å². The number of fused-ring (bicyclic) bond motifs is 1. The lowest BCUT2D eigenvalue weighted by molar-refractivity contribution is -0.139. The van der Waals surface area contributed by atoms with Crippen molar-refractivity contribution in [1.82, 2.24) is 0 Å². The number of hydrogen-bond acceptors (Lipinski definition) is 3. The average molecular weight is 306 g/mol. The Hall–Kier alpha value is -2.39. The molecule has 2 heterocycles. The molecule has 1 fully saturated rings. The molecule has 2 unspecified atom stereocenters. The smallest absolute Gasteiger partial charge is 0.334 e. The summed E-state index contributed by atoms with van der Waals surface area (Å²) in [5, 5.41) is 1.20. The topological polar surface area (TPSA) is 26.3 Å². The molecule has 1 aromatic heterocycles. The SMILES string of the molecule is C=C1C(=O)OC(c2ccccc2)C1c1cc2ccccc2s1. The van der Waals surface area contributed by atoms with Crippen molar-refractivity contribution in [3.8, 4) is 0 Å². The van der Waals surface area contributed by atoms with E-state index in [2.05, 4.69) is 24.8 Å². The van der Waals surface area contributed by atoms with Crippen LogP contribution in [-0.4, -0.2) is 5.97 Å². The van der Waals surface area contributed by atoms with Crippen LogP contribution < -0.4 is 0 Å². The van der Waals surface area contributed by atoms with Gasteiger partial charge in [-0.05, 0) is 23.1 Å². The highest BCUT2D eigenvalue weighted by Crippen LogP contribution is 2.48. The third-order valence-corrected chi connectivity index (χ3v) is 5.25. The van der Waals surface area contributed by atoms with Gasteiger partial charge in [-0.3, -0.25) is 0 Å². The molecule has 0 N–H and O–H groups in total. The highest BCUT2D eigenvalue weighted by molar-refractivity contribution is 7.19. The van der Waals surface area contributed by atoms with Gasteiger partial charge in [0.25, 0.3) is 0 Å². The van der Waals surface area contributed by atoms with Crippen molar-refractivity contribution in [3.05, 3.63) is 83.3 Å². The van der Waals surface area contributed by atoms with Crippen LogP contribution in [0.5, 0.6) is 0 Å². The molecule has 0 spiro atoms. The van der Waals surface area contributed by atoms with E-state index < -0.39 is 0 Å².